The first kappa shape index (κ1) is 10.2. The molecule has 0 amide bonds. The number of hydrogen-bond acceptors (Lipinski definition) is 2. The van der Waals surface area contributed by atoms with Gasteiger partial charge in [-0.2, -0.15) is 0 Å². The molecule has 0 N–H and O–H groups in total. The quantitative estimate of drug-likeness (QED) is 0.510. The van der Waals surface area contributed by atoms with Gasteiger partial charge in [0, 0.05) is 11.0 Å². The maximum Gasteiger partial charge on any atom is 0.338 e. The van der Waals surface area contributed by atoms with Gasteiger partial charge < -0.3 is 4.74 Å². The Morgan fingerprint density at radius 2 is 2.13 bits per heavy atom. The van der Waals surface area contributed by atoms with E-state index in [1.165, 1.54) is 12.8 Å². The largest absolute Gasteiger partial charge is 0.427 e. The molecule has 0 unspecified atom stereocenters. The highest BCUT2D eigenvalue weighted by atomic mass is 16.5. The zero-order valence-electron chi connectivity index (χ0n) is 9.08. The molecule has 0 aromatic rings. The van der Waals surface area contributed by atoms with Crippen LogP contribution in [0.3, 0.4) is 0 Å². The van der Waals surface area contributed by atoms with Gasteiger partial charge in [-0.05, 0) is 25.8 Å². The van der Waals surface area contributed by atoms with Crippen LogP contribution < -0.4 is 0 Å². The lowest BCUT2D eigenvalue weighted by molar-refractivity contribution is -0.136. The molecule has 2 nitrogen and oxygen atoms in total. The fourth-order valence-electron chi connectivity index (χ4n) is 2.31. The number of esters is 1. The molecule has 0 aromatic carbocycles. The van der Waals surface area contributed by atoms with Gasteiger partial charge in [0.15, 0.2) is 0 Å². The van der Waals surface area contributed by atoms with E-state index in [-0.39, 0.29) is 11.4 Å². The Bertz CT molecular complexity index is 355. The molecule has 2 heteroatoms. The second kappa shape index (κ2) is 3.69. The van der Waals surface area contributed by atoms with Gasteiger partial charge in [0.2, 0.25) is 0 Å². The summed E-state index contributed by atoms with van der Waals surface area (Å²) in [6, 6.07) is 0. The predicted octanol–water partition coefficient (Wildman–Crippen LogP) is 3.12. The number of carbonyl (C=O) groups is 1. The average Bonchev–Trinajstić information content (AvgIpc) is 2.79. The van der Waals surface area contributed by atoms with Crippen LogP contribution >= 0.6 is 0 Å². The number of ether oxygens (including phenoxy) is 1. The molecule has 0 bridgehead atoms. The van der Waals surface area contributed by atoms with E-state index < -0.39 is 0 Å². The Morgan fingerprint density at radius 1 is 1.47 bits per heavy atom. The summed E-state index contributed by atoms with van der Waals surface area (Å²) >= 11 is 0. The third kappa shape index (κ3) is 1.76. The molecule has 1 spiro atoms. The van der Waals surface area contributed by atoms with Crippen LogP contribution in [0, 0.1) is 5.41 Å². The summed E-state index contributed by atoms with van der Waals surface area (Å²) in [5.74, 6) is 0.504. The summed E-state index contributed by atoms with van der Waals surface area (Å²) in [6.45, 7) is 5.26. The third-order valence-electron chi connectivity index (χ3n) is 3.20. The standard InChI is InChI=1S/C13H16O2/c1-10(2)12(14)15-11-6-5-9-13(11)7-3-4-8-13/h5-6,9H,1,3-4,7-8H2,2H3. The zero-order chi connectivity index (χ0) is 10.9. The van der Waals surface area contributed by atoms with E-state index >= 15 is 0 Å². The topological polar surface area (TPSA) is 26.3 Å². The van der Waals surface area contributed by atoms with Crippen molar-refractivity contribution in [1.29, 1.82) is 0 Å². The molecule has 0 atom stereocenters. The van der Waals surface area contributed by atoms with Crippen molar-refractivity contribution >= 4 is 5.97 Å². The van der Waals surface area contributed by atoms with Crippen molar-refractivity contribution in [2.75, 3.05) is 0 Å². The summed E-state index contributed by atoms with van der Waals surface area (Å²) in [5.41, 5.74) is 0.474. The molecule has 0 aromatic heterocycles. The third-order valence-corrected chi connectivity index (χ3v) is 3.20. The second-order valence-electron chi connectivity index (χ2n) is 4.42. The molecular formula is C13H16O2. The van der Waals surface area contributed by atoms with Gasteiger partial charge in [-0.25, -0.2) is 4.79 Å². The number of allylic oxidation sites excluding steroid dienone is 3. The van der Waals surface area contributed by atoms with Gasteiger partial charge in [-0.3, -0.25) is 0 Å². The highest BCUT2D eigenvalue weighted by Gasteiger charge is 2.39. The summed E-state index contributed by atoms with van der Waals surface area (Å²) in [7, 11) is 0. The predicted molar refractivity (Wildman–Crippen MR) is 59.0 cm³/mol. The van der Waals surface area contributed by atoms with Crippen molar-refractivity contribution < 1.29 is 9.53 Å². The van der Waals surface area contributed by atoms with E-state index in [0.717, 1.165) is 18.6 Å². The van der Waals surface area contributed by atoms with Crippen LogP contribution in [0.25, 0.3) is 0 Å². The first-order valence-electron chi connectivity index (χ1n) is 5.42. The van der Waals surface area contributed by atoms with E-state index in [1.54, 1.807) is 6.92 Å². The first-order chi connectivity index (χ1) is 7.14. The molecule has 80 valence electrons. The number of carbonyl (C=O) groups excluding carboxylic acids is 1. The zero-order valence-corrected chi connectivity index (χ0v) is 9.08. The lowest BCUT2D eigenvalue weighted by atomic mass is 9.86. The Hall–Kier alpha value is -1.31. The lowest BCUT2D eigenvalue weighted by Gasteiger charge is -2.24. The van der Waals surface area contributed by atoms with Crippen molar-refractivity contribution in [3.05, 3.63) is 36.1 Å². The fraction of sp³-hybridized carbons (Fsp3) is 0.462. The summed E-state index contributed by atoms with van der Waals surface area (Å²) in [4.78, 5) is 11.4. The Morgan fingerprint density at radius 3 is 2.73 bits per heavy atom. The van der Waals surface area contributed by atoms with Gasteiger partial charge in [0.1, 0.15) is 5.76 Å². The highest BCUT2D eigenvalue weighted by molar-refractivity contribution is 5.87. The number of hydrogen-bond donors (Lipinski definition) is 0. The number of rotatable bonds is 2. The molecule has 2 aliphatic carbocycles. The lowest BCUT2D eigenvalue weighted by Crippen LogP contribution is -2.19. The molecule has 2 aliphatic rings. The van der Waals surface area contributed by atoms with E-state index in [2.05, 4.69) is 12.7 Å². The fourth-order valence-corrected chi connectivity index (χ4v) is 2.31. The van der Waals surface area contributed by atoms with Crippen LogP contribution in [0.2, 0.25) is 0 Å². The normalized spacial score (nSPS) is 21.8. The Labute approximate surface area is 90.3 Å². The van der Waals surface area contributed by atoms with Crippen molar-refractivity contribution in [2.45, 2.75) is 32.6 Å². The minimum Gasteiger partial charge on any atom is -0.427 e. The monoisotopic (exact) mass is 204 g/mol. The minimum absolute atomic E-state index is 0.0190. The van der Waals surface area contributed by atoms with E-state index in [0.29, 0.717) is 5.57 Å². The van der Waals surface area contributed by atoms with Crippen LogP contribution in [0.5, 0.6) is 0 Å². The maximum atomic E-state index is 11.4. The molecule has 1 saturated carbocycles. The van der Waals surface area contributed by atoms with Crippen molar-refractivity contribution in [3.63, 3.8) is 0 Å². The molecule has 1 fully saturated rings. The summed E-state index contributed by atoms with van der Waals surface area (Å²) in [6.07, 6.45) is 10.7. The van der Waals surface area contributed by atoms with Crippen LogP contribution in [-0.4, -0.2) is 5.97 Å². The SMILES string of the molecule is C=C(C)C(=O)OC1=CC=CC12CCCC2. The summed E-state index contributed by atoms with van der Waals surface area (Å²) < 4.78 is 5.37. The van der Waals surface area contributed by atoms with Crippen molar-refractivity contribution in [2.24, 2.45) is 5.41 Å². The Balaban J connectivity index is 2.10. The molecule has 0 aliphatic heterocycles. The van der Waals surface area contributed by atoms with Gasteiger partial charge in [0.25, 0.3) is 0 Å². The van der Waals surface area contributed by atoms with E-state index in [9.17, 15) is 4.79 Å². The van der Waals surface area contributed by atoms with E-state index in [1.807, 2.05) is 12.2 Å². The highest BCUT2D eigenvalue weighted by Crippen LogP contribution is 2.48. The molecule has 0 saturated heterocycles. The van der Waals surface area contributed by atoms with Gasteiger partial charge in [-0.15, -0.1) is 0 Å². The molecule has 0 radical (unpaired) electrons. The van der Waals surface area contributed by atoms with Crippen molar-refractivity contribution in [1.82, 2.24) is 0 Å². The average molecular weight is 204 g/mol. The van der Waals surface area contributed by atoms with Crippen LogP contribution in [-0.2, 0) is 9.53 Å². The van der Waals surface area contributed by atoms with Gasteiger partial charge >= 0.3 is 5.97 Å². The van der Waals surface area contributed by atoms with Crippen LogP contribution in [0.1, 0.15) is 32.6 Å². The van der Waals surface area contributed by atoms with Gasteiger partial charge in [-0.1, -0.05) is 31.6 Å². The van der Waals surface area contributed by atoms with E-state index in [4.69, 9.17) is 4.74 Å². The summed E-state index contributed by atoms with van der Waals surface area (Å²) in [5, 5.41) is 0. The van der Waals surface area contributed by atoms with Crippen LogP contribution in [0.15, 0.2) is 36.1 Å². The van der Waals surface area contributed by atoms with Crippen LogP contribution in [0.4, 0.5) is 0 Å². The molecular weight excluding hydrogens is 188 g/mol. The molecule has 15 heavy (non-hydrogen) atoms. The van der Waals surface area contributed by atoms with Crippen molar-refractivity contribution in [3.8, 4) is 0 Å². The molecule has 2 rings (SSSR count). The smallest absolute Gasteiger partial charge is 0.338 e. The first-order valence-corrected chi connectivity index (χ1v) is 5.42. The van der Waals surface area contributed by atoms with Gasteiger partial charge in [0.05, 0.1) is 0 Å². The maximum absolute atomic E-state index is 11.4. The Kier molecular flexibility index (Phi) is 2.51. The minimum atomic E-state index is -0.309. The second-order valence-corrected chi connectivity index (χ2v) is 4.42. The molecule has 0 heterocycles.